The summed E-state index contributed by atoms with van der Waals surface area (Å²) in [6.07, 6.45) is 4.66. The van der Waals surface area contributed by atoms with Crippen LogP contribution in [0.15, 0.2) is 55.0 Å². The Morgan fingerprint density at radius 2 is 1.47 bits per heavy atom. The van der Waals surface area contributed by atoms with E-state index in [1.54, 1.807) is 31.1 Å². The van der Waals surface area contributed by atoms with Gasteiger partial charge in [-0.1, -0.05) is 33.8 Å². The molecule has 16 nitrogen and oxygen atoms in total. The van der Waals surface area contributed by atoms with Gasteiger partial charge in [-0.15, -0.1) is 0 Å². The second kappa shape index (κ2) is 15.6. The average Bonchev–Trinajstić information content (AvgIpc) is 4.08. The molecule has 2 fully saturated rings. The molecule has 0 spiro atoms. The third-order valence-electron chi connectivity index (χ3n) is 11.5. The minimum absolute atomic E-state index is 0.148. The van der Waals surface area contributed by atoms with Gasteiger partial charge in [-0.2, -0.15) is 0 Å². The number of rotatable bonds is 10. The van der Waals surface area contributed by atoms with E-state index in [0.29, 0.717) is 29.6 Å². The van der Waals surface area contributed by atoms with E-state index in [1.807, 2.05) is 61.0 Å². The second-order valence-electron chi connectivity index (χ2n) is 16.2. The number of aromatic amines is 2. The highest BCUT2D eigenvalue weighted by atomic mass is 19.3. The highest BCUT2D eigenvalue weighted by Gasteiger charge is 2.50. The van der Waals surface area contributed by atoms with Crippen molar-refractivity contribution in [2.24, 2.45) is 11.8 Å². The number of imidazole rings is 2. The lowest BCUT2D eigenvalue weighted by Gasteiger charge is -2.30. The van der Waals surface area contributed by atoms with Crippen molar-refractivity contribution in [2.75, 3.05) is 27.3 Å². The molecule has 0 unspecified atom stereocenters. The van der Waals surface area contributed by atoms with Crippen LogP contribution in [0.1, 0.15) is 70.7 Å². The summed E-state index contributed by atoms with van der Waals surface area (Å²) < 4.78 is 47.9. The van der Waals surface area contributed by atoms with Crippen LogP contribution in [0.25, 0.3) is 39.1 Å². The lowest BCUT2D eigenvalue weighted by atomic mass is 10.0. The Morgan fingerprint density at radius 3 is 2.13 bits per heavy atom. The van der Waals surface area contributed by atoms with Crippen LogP contribution in [0.4, 0.5) is 18.4 Å². The lowest BCUT2D eigenvalue weighted by molar-refractivity contribution is -0.137. The van der Waals surface area contributed by atoms with E-state index in [0.717, 1.165) is 51.2 Å². The molecule has 0 radical (unpaired) electrons. The van der Waals surface area contributed by atoms with Crippen molar-refractivity contribution in [1.29, 1.82) is 0 Å². The van der Waals surface area contributed by atoms with E-state index < -0.39 is 55.1 Å². The Labute approximate surface area is 344 Å². The second-order valence-corrected chi connectivity index (χ2v) is 16.2. The largest absolute Gasteiger partial charge is 0.453 e. The summed E-state index contributed by atoms with van der Waals surface area (Å²) in [4.78, 5) is 69.9. The van der Waals surface area contributed by atoms with Gasteiger partial charge in [0.2, 0.25) is 11.8 Å². The fourth-order valence-corrected chi connectivity index (χ4v) is 8.49. The standard InChI is InChI=1S/C42H47F2N9O7/c1-21(2)33(49-40(56)58-5)38(54)52-14-7-8-29(52)36-45-18-26(47-36)23-9-11-28-32(16-23)60-31-12-10-24(25-13-15-51(28)35(25)31)27-19-46-37(48-27)30-17-42(43,44)20-53(30)39(55)34(22(3)4)50-41(57)59-6/h9-13,15-16,18-19,21-22,29-30,33-34H,7-8,14,17,20H2,1-6H3,(H,45,47)(H,46,48)(H,49,56)(H,50,57)/t29-,30-,33-,34-/m0/s1. The van der Waals surface area contributed by atoms with Crippen LogP contribution in [0.3, 0.4) is 0 Å². The Balaban J connectivity index is 1.03. The van der Waals surface area contributed by atoms with Gasteiger partial charge in [0.15, 0.2) is 11.5 Å². The van der Waals surface area contributed by atoms with Gasteiger partial charge in [0.05, 0.1) is 67.8 Å². The Bertz CT molecular complexity index is 2480. The van der Waals surface area contributed by atoms with Crippen LogP contribution < -0.4 is 15.4 Å². The molecule has 0 bridgehead atoms. The van der Waals surface area contributed by atoms with E-state index in [4.69, 9.17) is 9.47 Å². The fraction of sp³-hybridized carbons (Fsp3) is 0.429. The lowest BCUT2D eigenvalue weighted by Crippen LogP contribution is -2.51. The number of alkyl carbamates (subject to hydrolysis) is 2. The maximum atomic E-state index is 15.0. The van der Waals surface area contributed by atoms with Gasteiger partial charge in [0.25, 0.3) is 5.92 Å². The highest BCUT2D eigenvalue weighted by Crippen LogP contribution is 2.46. The van der Waals surface area contributed by atoms with Gasteiger partial charge in [-0.3, -0.25) is 9.59 Å². The number of amides is 4. The molecule has 6 heterocycles. The Morgan fingerprint density at radius 1 is 0.833 bits per heavy atom. The summed E-state index contributed by atoms with van der Waals surface area (Å²) in [6.45, 7) is 6.92. The summed E-state index contributed by atoms with van der Waals surface area (Å²) in [7, 11) is 2.44. The molecule has 3 aromatic heterocycles. The number of methoxy groups -OCH3 is 2. The maximum absolute atomic E-state index is 15.0. The zero-order valence-corrected chi connectivity index (χ0v) is 34.0. The molecule has 0 saturated carbocycles. The van der Waals surface area contributed by atoms with Crippen LogP contribution in [-0.2, 0) is 19.1 Å². The Hall–Kier alpha value is -6.46. The third kappa shape index (κ3) is 7.27. The predicted molar refractivity (Wildman–Crippen MR) is 215 cm³/mol. The zero-order valence-electron chi connectivity index (χ0n) is 34.0. The summed E-state index contributed by atoms with van der Waals surface area (Å²) in [5.41, 5.74) is 4.51. The number of benzene rings is 2. The SMILES string of the molecule is COC(=O)N[C@H](C(=O)N1CCC[C@H]1c1ncc(-c2ccc3c(c2)Oc2ccc(-c4cnc([C@@H]5CC(F)(F)CN5C(=O)[C@@H](NC(=O)OC)C(C)C)[nH]4)c4ccn-3c24)[nH]1)C(C)C. The van der Waals surface area contributed by atoms with Crippen molar-refractivity contribution in [3.63, 3.8) is 0 Å². The smallest absolute Gasteiger partial charge is 0.407 e. The molecular formula is C42H47F2N9O7. The number of hydrogen-bond donors (Lipinski definition) is 4. The first-order valence-electron chi connectivity index (χ1n) is 19.9. The number of H-pyrrole nitrogens is 2. The van der Waals surface area contributed by atoms with E-state index in [-0.39, 0.29) is 29.6 Å². The Kier molecular flexibility index (Phi) is 10.5. The van der Waals surface area contributed by atoms with E-state index in [9.17, 15) is 28.0 Å². The van der Waals surface area contributed by atoms with Crippen molar-refractivity contribution < 1.29 is 42.2 Å². The van der Waals surface area contributed by atoms with Crippen LogP contribution in [0, 0.1) is 11.8 Å². The molecule has 5 aromatic rings. The molecule has 8 rings (SSSR count). The molecule has 18 heteroatoms. The molecule has 60 heavy (non-hydrogen) atoms. The number of halogens is 2. The van der Waals surface area contributed by atoms with Gasteiger partial charge in [-0.25, -0.2) is 28.3 Å². The first-order chi connectivity index (χ1) is 28.7. The number of carbonyl (C=O) groups is 4. The summed E-state index contributed by atoms with van der Waals surface area (Å²) in [5, 5.41) is 6.00. The van der Waals surface area contributed by atoms with Gasteiger partial charge < -0.3 is 49.2 Å². The zero-order chi connectivity index (χ0) is 42.6. The molecule has 3 aliphatic heterocycles. The molecule has 3 aliphatic rings. The predicted octanol–water partition coefficient (Wildman–Crippen LogP) is 6.85. The molecule has 2 saturated heterocycles. The fourth-order valence-electron chi connectivity index (χ4n) is 8.49. The maximum Gasteiger partial charge on any atom is 0.407 e. The molecule has 4 atom stereocenters. The van der Waals surface area contributed by atoms with E-state index in [1.165, 1.54) is 14.2 Å². The van der Waals surface area contributed by atoms with Crippen molar-refractivity contribution in [2.45, 2.75) is 77.0 Å². The number of carbonyl (C=O) groups excluding carboxylic acids is 4. The van der Waals surface area contributed by atoms with Crippen LogP contribution in [0.2, 0.25) is 0 Å². The number of nitrogens with zero attached hydrogens (tertiary/aromatic N) is 5. The highest BCUT2D eigenvalue weighted by molar-refractivity contribution is 6.00. The van der Waals surface area contributed by atoms with Crippen molar-refractivity contribution in [3.8, 4) is 39.7 Å². The summed E-state index contributed by atoms with van der Waals surface area (Å²) in [6, 6.07) is 8.37. The van der Waals surface area contributed by atoms with Gasteiger partial charge in [0, 0.05) is 35.7 Å². The van der Waals surface area contributed by atoms with Crippen molar-refractivity contribution in [3.05, 3.63) is 66.6 Å². The van der Waals surface area contributed by atoms with Crippen LogP contribution in [0.5, 0.6) is 11.5 Å². The summed E-state index contributed by atoms with van der Waals surface area (Å²) >= 11 is 0. The number of ether oxygens (including phenoxy) is 3. The first-order valence-corrected chi connectivity index (χ1v) is 19.9. The minimum atomic E-state index is -3.16. The van der Waals surface area contributed by atoms with E-state index >= 15 is 0 Å². The van der Waals surface area contributed by atoms with Crippen LogP contribution in [-0.4, -0.2) is 104 Å². The summed E-state index contributed by atoms with van der Waals surface area (Å²) in [5.74, 6) is -2.44. The average molecular weight is 828 g/mol. The number of hydrogen-bond acceptors (Lipinski definition) is 9. The third-order valence-corrected chi connectivity index (χ3v) is 11.5. The number of aromatic nitrogens is 5. The molecule has 2 aromatic carbocycles. The number of alkyl halides is 2. The number of likely N-dealkylation sites (tertiary alicyclic amines) is 2. The number of nitrogens with one attached hydrogen (secondary N) is 4. The monoisotopic (exact) mass is 827 g/mol. The first kappa shape index (κ1) is 40.3. The molecule has 4 N–H and O–H groups in total. The molecule has 4 amide bonds. The van der Waals surface area contributed by atoms with Gasteiger partial charge in [-0.05, 0) is 55.0 Å². The van der Waals surface area contributed by atoms with Gasteiger partial charge in [0.1, 0.15) is 23.7 Å². The van der Waals surface area contributed by atoms with Crippen molar-refractivity contribution >= 4 is 34.9 Å². The number of fused-ring (bicyclic) bond motifs is 2. The quantitative estimate of drug-likeness (QED) is 0.115. The van der Waals surface area contributed by atoms with Gasteiger partial charge >= 0.3 is 12.2 Å². The topological polar surface area (TPSA) is 189 Å². The molecule has 0 aliphatic carbocycles. The normalized spacial score (nSPS) is 19.0. The van der Waals surface area contributed by atoms with Crippen molar-refractivity contribution in [1.82, 2.24) is 44.9 Å². The minimum Gasteiger partial charge on any atom is -0.453 e. The van der Waals surface area contributed by atoms with Crippen LogP contribution >= 0.6 is 0 Å². The van der Waals surface area contributed by atoms with E-state index in [2.05, 4.69) is 35.3 Å². The molecule has 316 valence electrons. The molecular weight excluding hydrogens is 781 g/mol.